The molecule has 0 aliphatic carbocycles. The van der Waals surface area contributed by atoms with E-state index in [-0.39, 0.29) is 18.7 Å². The summed E-state index contributed by atoms with van der Waals surface area (Å²) in [4.78, 5) is 31.3. The minimum Gasteiger partial charge on any atom is -0.505 e. The zero-order valence-electron chi connectivity index (χ0n) is 16.5. The number of aromatic hydroxyl groups is 1. The van der Waals surface area contributed by atoms with Crippen LogP contribution < -0.4 is 10.6 Å². The zero-order chi connectivity index (χ0) is 21.6. The Bertz CT molecular complexity index is 833. The number of aliphatic imine (C=N–C) groups is 2. The molecule has 0 fully saturated rings. The van der Waals surface area contributed by atoms with Gasteiger partial charge in [-0.25, -0.2) is 4.79 Å². The molecule has 1 heterocycles. The van der Waals surface area contributed by atoms with E-state index in [1.54, 1.807) is 27.0 Å². The predicted octanol–water partition coefficient (Wildman–Crippen LogP) is 2.70. The summed E-state index contributed by atoms with van der Waals surface area (Å²) in [6, 6.07) is 2.36. The fourth-order valence-electron chi connectivity index (χ4n) is 2.67. The number of hydrogen-bond donors (Lipinski definition) is 4. The van der Waals surface area contributed by atoms with Crippen molar-refractivity contribution in [2.45, 2.75) is 38.8 Å². The van der Waals surface area contributed by atoms with E-state index in [2.05, 4.69) is 20.6 Å². The number of amides is 1. The first-order valence-electron chi connectivity index (χ1n) is 9.08. The summed E-state index contributed by atoms with van der Waals surface area (Å²) in [6.07, 6.45) is 0.755. The van der Waals surface area contributed by atoms with Crippen LogP contribution in [0.2, 0.25) is 5.02 Å². The lowest BCUT2D eigenvalue weighted by Gasteiger charge is -2.21. The van der Waals surface area contributed by atoms with Crippen LogP contribution in [0.3, 0.4) is 0 Å². The first kappa shape index (κ1) is 22.5. The summed E-state index contributed by atoms with van der Waals surface area (Å²) in [6.45, 7) is 6.16. The molecule has 0 radical (unpaired) electrons. The van der Waals surface area contributed by atoms with Crippen molar-refractivity contribution < 1.29 is 24.5 Å². The molecule has 0 saturated heterocycles. The number of aliphatic carboxylic acids is 1. The SMILES string of the molecule is CC(C)(C)OC(=O)NCCNc1cc(Cl)cc(C2=NCC=NC2CC(=O)O)c1O. The van der Waals surface area contributed by atoms with Crippen LogP contribution in [0.15, 0.2) is 22.1 Å². The van der Waals surface area contributed by atoms with Crippen molar-refractivity contribution >= 4 is 41.3 Å². The molecule has 0 aromatic heterocycles. The molecule has 29 heavy (non-hydrogen) atoms. The second kappa shape index (κ2) is 9.60. The van der Waals surface area contributed by atoms with Crippen LogP contribution in [0.4, 0.5) is 10.5 Å². The number of alkyl carbamates (subject to hydrolysis) is 1. The van der Waals surface area contributed by atoms with Crippen molar-refractivity contribution in [3.05, 3.63) is 22.7 Å². The Kier molecular flexibility index (Phi) is 7.44. The van der Waals surface area contributed by atoms with E-state index in [1.807, 2.05) is 0 Å². The number of rotatable bonds is 7. The van der Waals surface area contributed by atoms with Crippen molar-refractivity contribution in [3.8, 4) is 5.75 Å². The van der Waals surface area contributed by atoms with Gasteiger partial charge in [0.2, 0.25) is 0 Å². The van der Waals surface area contributed by atoms with E-state index >= 15 is 0 Å². The van der Waals surface area contributed by atoms with Crippen molar-refractivity contribution in [2.24, 2.45) is 9.98 Å². The minimum atomic E-state index is -1.02. The van der Waals surface area contributed by atoms with Crippen LogP contribution in [-0.2, 0) is 9.53 Å². The van der Waals surface area contributed by atoms with Gasteiger partial charge < -0.3 is 25.6 Å². The summed E-state index contributed by atoms with van der Waals surface area (Å²) in [5.41, 5.74) is 0.436. The fourth-order valence-corrected chi connectivity index (χ4v) is 2.89. The Morgan fingerprint density at radius 3 is 2.69 bits per heavy atom. The number of carboxylic acids is 1. The van der Waals surface area contributed by atoms with Crippen LogP contribution in [-0.4, -0.2) is 65.5 Å². The lowest BCUT2D eigenvalue weighted by Crippen LogP contribution is -2.35. The van der Waals surface area contributed by atoms with E-state index in [1.165, 1.54) is 12.1 Å². The van der Waals surface area contributed by atoms with E-state index < -0.39 is 23.7 Å². The van der Waals surface area contributed by atoms with Crippen LogP contribution in [0.25, 0.3) is 0 Å². The summed E-state index contributed by atoms with van der Waals surface area (Å²) in [7, 11) is 0. The standard InChI is InChI=1S/C19H25ClN4O5/c1-19(2,3)29-18(28)24-7-5-22-14-9-11(20)8-12(17(14)27)16-13(10-15(25)26)21-4-6-23-16/h4,8-9,13,22,27H,5-7,10H2,1-3H3,(H,24,28)(H,25,26). The van der Waals surface area contributed by atoms with E-state index in [4.69, 9.17) is 21.4 Å². The normalized spacial score (nSPS) is 16.1. The third kappa shape index (κ3) is 6.94. The molecule has 0 bridgehead atoms. The lowest BCUT2D eigenvalue weighted by molar-refractivity contribution is -0.137. The maximum atomic E-state index is 11.7. The number of carbonyl (C=O) groups excluding carboxylic acids is 1. The first-order chi connectivity index (χ1) is 13.6. The molecule has 1 aliphatic heterocycles. The topological polar surface area (TPSA) is 133 Å². The molecule has 1 unspecified atom stereocenters. The molecule has 0 spiro atoms. The van der Waals surface area contributed by atoms with Gasteiger partial charge in [0, 0.05) is 29.9 Å². The summed E-state index contributed by atoms with van der Waals surface area (Å²) in [5.74, 6) is -1.13. The Morgan fingerprint density at radius 1 is 1.31 bits per heavy atom. The average molecular weight is 425 g/mol. The molecule has 10 heteroatoms. The second-order valence-electron chi connectivity index (χ2n) is 7.38. The number of nitrogens with one attached hydrogen (secondary N) is 2. The second-order valence-corrected chi connectivity index (χ2v) is 7.81. The van der Waals surface area contributed by atoms with E-state index in [0.717, 1.165) is 0 Å². The van der Waals surface area contributed by atoms with Gasteiger partial charge in [0.05, 0.1) is 24.4 Å². The molecule has 0 saturated carbocycles. The smallest absolute Gasteiger partial charge is 0.407 e. The highest BCUT2D eigenvalue weighted by molar-refractivity contribution is 6.31. The first-order valence-corrected chi connectivity index (χ1v) is 9.46. The summed E-state index contributed by atoms with van der Waals surface area (Å²) < 4.78 is 5.15. The highest BCUT2D eigenvalue weighted by atomic mass is 35.5. The molecular formula is C19H25ClN4O5. The largest absolute Gasteiger partial charge is 0.505 e. The van der Waals surface area contributed by atoms with Crippen molar-refractivity contribution in [1.29, 1.82) is 0 Å². The van der Waals surface area contributed by atoms with Gasteiger partial charge in [-0.2, -0.15) is 0 Å². The average Bonchev–Trinajstić information content (AvgIpc) is 2.60. The van der Waals surface area contributed by atoms with Crippen LogP contribution in [0.5, 0.6) is 5.75 Å². The van der Waals surface area contributed by atoms with Crippen LogP contribution in [0.1, 0.15) is 32.8 Å². The van der Waals surface area contributed by atoms with E-state index in [9.17, 15) is 14.7 Å². The number of hydrogen-bond acceptors (Lipinski definition) is 7. The van der Waals surface area contributed by atoms with Crippen molar-refractivity contribution in [3.63, 3.8) is 0 Å². The molecule has 158 valence electrons. The summed E-state index contributed by atoms with van der Waals surface area (Å²) >= 11 is 6.18. The predicted molar refractivity (Wildman–Crippen MR) is 112 cm³/mol. The van der Waals surface area contributed by atoms with Crippen molar-refractivity contribution in [2.75, 3.05) is 25.0 Å². The van der Waals surface area contributed by atoms with E-state index in [0.29, 0.717) is 35.1 Å². The van der Waals surface area contributed by atoms with Gasteiger partial charge in [-0.3, -0.25) is 14.8 Å². The number of carboxylic acid groups (broad SMARTS) is 1. The number of nitrogens with zero attached hydrogens (tertiary/aromatic N) is 2. The fraction of sp³-hybridized carbons (Fsp3) is 0.474. The van der Waals surface area contributed by atoms with Gasteiger partial charge in [0.1, 0.15) is 17.4 Å². The Hall–Kier alpha value is -2.81. The van der Waals surface area contributed by atoms with Crippen molar-refractivity contribution in [1.82, 2.24) is 5.32 Å². The van der Waals surface area contributed by atoms with Gasteiger partial charge in [-0.15, -0.1) is 0 Å². The number of halogens is 1. The number of benzene rings is 1. The third-order valence-electron chi connectivity index (χ3n) is 3.77. The molecule has 1 atom stereocenters. The number of carbonyl (C=O) groups is 2. The van der Waals surface area contributed by atoms with Gasteiger partial charge >= 0.3 is 12.1 Å². The Labute approximate surface area is 173 Å². The number of ether oxygens (including phenoxy) is 1. The van der Waals surface area contributed by atoms with Crippen LogP contribution >= 0.6 is 11.6 Å². The van der Waals surface area contributed by atoms with Gasteiger partial charge in [-0.1, -0.05) is 11.6 Å². The quantitative estimate of drug-likeness (QED) is 0.393. The van der Waals surface area contributed by atoms with Crippen LogP contribution in [0, 0.1) is 0 Å². The highest BCUT2D eigenvalue weighted by Gasteiger charge is 2.25. The molecule has 4 N–H and O–H groups in total. The van der Waals surface area contributed by atoms with Gasteiger partial charge in [-0.05, 0) is 32.9 Å². The number of anilines is 1. The molecule has 1 aromatic carbocycles. The lowest BCUT2D eigenvalue weighted by atomic mass is 9.98. The number of phenols is 1. The molecule has 2 rings (SSSR count). The third-order valence-corrected chi connectivity index (χ3v) is 3.99. The number of phenolic OH excluding ortho intramolecular Hbond substituents is 1. The molecule has 9 nitrogen and oxygen atoms in total. The van der Waals surface area contributed by atoms with Gasteiger partial charge in [0.15, 0.2) is 0 Å². The monoisotopic (exact) mass is 424 g/mol. The maximum Gasteiger partial charge on any atom is 0.407 e. The molecular weight excluding hydrogens is 400 g/mol. The van der Waals surface area contributed by atoms with Gasteiger partial charge in [0.25, 0.3) is 0 Å². The Balaban J connectivity index is 2.08. The highest BCUT2D eigenvalue weighted by Crippen LogP contribution is 2.33. The maximum absolute atomic E-state index is 11.7. The minimum absolute atomic E-state index is 0.113. The summed E-state index contributed by atoms with van der Waals surface area (Å²) in [5, 5.41) is 25.7. The molecule has 1 amide bonds. The molecule has 1 aliphatic rings. The Morgan fingerprint density at radius 2 is 2.03 bits per heavy atom. The zero-order valence-corrected chi connectivity index (χ0v) is 17.3. The molecule has 1 aromatic rings.